The number of amides is 3. The van der Waals surface area contributed by atoms with Crippen LogP contribution in [0.5, 0.6) is 0 Å². The maximum absolute atomic E-state index is 13.4. The smallest absolute Gasteiger partial charge is 0.305 e. The molecule has 3 rings (SSSR count). The molecule has 0 fully saturated rings. The van der Waals surface area contributed by atoms with Crippen molar-refractivity contribution in [2.75, 3.05) is 11.1 Å². The predicted octanol–water partition coefficient (Wildman–Crippen LogP) is 3.11. The fourth-order valence-corrected chi connectivity index (χ4v) is 3.11. The SMILES string of the molecule is O=C(CSc1n[nH]c(-c2cccs2)n1)NC(=O)Nc1ccccc1F. The minimum absolute atomic E-state index is 0.00462. The molecule has 3 amide bonds. The second kappa shape index (κ2) is 7.90. The van der Waals surface area contributed by atoms with Crippen LogP contribution in [0.1, 0.15) is 0 Å². The Balaban J connectivity index is 1.48. The third-order valence-electron chi connectivity index (χ3n) is 2.93. The first kappa shape index (κ1) is 17.1. The Kier molecular flexibility index (Phi) is 5.41. The van der Waals surface area contributed by atoms with Crippen LogP contribution < -0.4 is 10.6 Å². The van der Waals surface area contributed by atoms with Crippen molar-refractivity contribution < 1.29 is 14.0 Å². The first-order valence-corrected chi connectivity index (χ1v) is 8.93. The topological polar surface area (TPSA) is 99.8 Å². The zero-order valence-electron chi connectivity index (χ0n) is 12.7. The lowest BCUT2D eigenvalue weighted by Gasteiger charge is -2.06. The second-order valence-electron chi connectivity index (χ2n) is 4.71. The highest BCUT2D eigenvalue weighted by molar-refractivity contribution is 7.99. The van der Waals surface area contributed by atoms with Gasteiger partial charge in [-0.3, -0.25) is 15.2 Å². The van der Waals surface area contributed by atoms with Crippen LogP contribution in [0.4, 0.5) is 14.9 Å². The number of anilines is 1. The summed E-state index contributed by atoms with van der Waals surface area (Å²) in [5, 5.41) is 13.5. The van der Waals surface area contributed by atoms with E-state index in [0.29, 0.717) is 11.0 Å². The van der Waals surface area contributed by atoms with Gasteiger partial charge in [0.05, 0.1) is 16.3 Å². The van der Waals surface area contributed by atoms with Crippen LogP contribution in [0.15, 0.2) is 46.9 Å². The summed E-state index contributed by atoms with van der Waals surface area (Å²) in [5.41, 5.74) is -0.00462. The van der Waals surface area contributed by atoms with Crippen LogP contribution in [0, 0.1) is 5.82 Å². The van der Waals surface area contributed by atoms with Gasteiger partial charge < -0.3 is 5.32 Å². The van der Waals surface area contributed by atoms with E-state index in [1.807, 2.05) is 17.5 Å². The zero-order valence-corrected chi connectivity index (χ0v) is 14.3. The lowest BCUT2D eigenvalue weighted by atomic mass is 10.3. The van der Waals surface area contributed by atoms with Crippen molar-refractivity contribution in [1.82, 2.24) is 20.5 Å². The summed E-state index contributed by atoms with van der Waals surface area (Å²) in [5.74, 6) is -0.551. The molecule has 0 unspecified atom stereocenters. The molecule has 10 heteroatoms. The van der Waals surface area contributed by atoms with E-state index in [1.54, 1.807) is 6.07 Å². The molecule has 25 heavy (non-hydrogen) atoms. The monoisotopic (exact) mass is 377 g/mol. The van der Waals surface area contributed by atoms with Crippen LogP contribution in [-0.2, 0) is 4.79 Å². The highest BCUT2D eigenvalue weighted by Gasteiger charge is 2.13. The summed E-state index contributed by atoms with van der Waals surface area (Å²) < 4.78 is 13.4. The van der Waals surface area contributed by atoms with Gasteiger partial charge in [-0.05, 0) is 23.6 Å². The van der Waals surface area contributed by atoms with Crippen LogP contribution in [0.3, 0.4) is 0 Å². The number of hydrogen-bond donors (Lipinski definition) is 3. The molecule has 2 heterocycles. The maximum Gasteiger partial charge on any atom is 0.325 e. The van der Waals surface area contributed by atoms with Gasteiger partial charge >= 0.3 is 6.03 Å². The molecule has 0 radical (unpaired) electrons. The largest absolute Gasteiger partial charge is 0.325 e. The molecule has 0 aliphatic carbocycles. The van der Waals surface area contributed by atoms with E-state index in [1.165, 1.54) is 29.5 Å². The van der Waals surface area contributed by atoms with Gasteiger partial charge in [-0.25, -0.2) is 14.2 Å². The molecule has 7 nitrogen and oxygen atoms in total. The normalized spacial score (nSPS) is 10.4. The molecule has 0 aliphatic rings. The molecule has 128 valence electrons. The number of urea groups is 1. The molecule has 0 saturated carbocycles. The van der Waals surface area contributed by atoms with E-state index in [9.17, 15) is 14.0 Å². The summed E-state index contributed by atoms with van der Waals surface area (Å²) in [4.78, 5) is 28.7. The number of para-hydroxylation sites is 1. The summed E-state index contributed by atoms with van der Waals surface area (Å²) in [6.07, 6.45) is 0. The first-order chi connectivity index (χ1) is 12.1. The van der Waals surface area contributed by atoms with E-state index in [0.717, 1.165) is 16.6 Å². The summed E-state index contributed by atoms with van der Waals surface area (Å²) >= 11 is 2.60. The number of nitrogens with zero attached hydrogens (tertiary/aromatic N) is 2. The lowest BCUT2D eigenvalue weighted by Crippen LogP contribution is -2.35. The third kappa shape index (κ3) is 4.64. The van der Waals surface area contributed by atoms with E-state index in [-0.39, 0.29) is 11.4 Å². The number of aromatic amines is 1. The molecule has 3 aromatic rings. The van der Waals surface area contributed by atoms with Gasteiger partial charge in [-0.2, -0.15) is 0 Å². The van der Waals surface area contributed by atoms with E-state index < -0.39 is 17.8 Å². The van der Waals surface area contributed by atoms with Crippen molar-refractivity contribution in [3.05, 3.63) is 47.6 Å². The number of rotatable bonds is 5. The zero-order chi connectivity index (χ0) is 17.6. The number of aromatic nitrogens is 3. The molecular formula is C15H12FN5O2S2. The molecule has 1 aromatic carbocycles. The van der Waals surface area contributed by atoms with E-state index in [4.69, 9.17) is 0 Å². The van der Waals surface area contributed by atoms with Crippen molar-refractivity contribution in [2.45, 2.75) is 5.16 Å². The van der Waals surface area contributed by atoms with E-state index in [2.05, 4.69) is 25.8 Å². The maximum atomic E-state index is 13.4. The van der Waals surface area contributed by atoms with Crippen molar-refractivity contribution in [1.29, 1.82) is 0 Å². The second-order valence-corrected chi connectivity index (χ2v) is 6.60. The molecule has 0 saturated heterocycles. The molecule has 3 N–H and O–H groups in total. The fourth-order valence-electron chi connectivity index (χ4n) is 1.84. The average Bonchev–Trinajstić information content (AvgIpc) is 3.26. The van der Waals surface area contributed by atoms with Crippen LogP contribution in [-0.4, -0.2) is 32.9 Å². The van der Waals surface area contributed by atoms with Crippen LogP contribution >= 0.6 is 23.1 Å². The van der Waals surface area contributed by atoms with Crippen LogP contribution in [0.25, 0.3) is 10.7 Å². The van der Waals surface area contributed by atoms with Crippen molar-refractivity contribution in [3.63, 3.8) is 0 Å². The van der Waals surface area contributed by atoms with Gasteiger partial charge in [0, 0.05) is 0 Å². The van der Waals surface area contributed by atoms with Gasteiger partial charge in [-0.15, -0.1) is 16.4 Å². The molecule has 2 aromatic heterocycles. The Morgan fingerprint density at radius 1 is 1.24 bits per heavy atom. The number of nitrogens with one attached hydrogen (secondary N) is 3. The quantitative estimate of drug-likeness (QED) is 0.593. The highest BCUT2D eigenvalue weighted by Crippen LogP contribution is 2.23. The number of H-pyrrole nitrogens is 1. The van der Waals surface area contributed by atoms with Gasteiger partial charge in [-0.1, -0.05) is 30.0 Å². The Labute approximate surface area is 150 Å². The molecule has 0 spiro atoms. The van der Waals surface area contributed by atoms with E-state index >= 15 is 0 Å². The number of imide groups is 1. The molecule has 0 bridgehead atoms. The van der Waals surface area contributed by atoms with Gasteiger partial charge in [0.1, 0.15) is 5.82 Å². The molecule has 0 aliphatic heterocycles. The number of hydrogen-bond acceptors (Lipinski definition) is 6. The Hall–Kier alpha value is -2.72. The summed E-state index contributed by atoms with van der Waals surface area (Å²) in [7, 11) is 0. The number of thioether (sulfide) groups is 1. The van der Waals surface area contributed by atoms with Crippen molar-refractivity contribution >= 4 is 40.7 Å². The van der Waals surface area contributed by atoms with Gasteiger partial charge in [0.2, 0.25) is 11.1 Å². The Bertz CT molecular complexity index is 882. The lowest BCUT2D eigenvalue weighted by molar-refractivity contribution is -0.117. The third-order valence-corrected chi connectivity index (χ3v) is 4.65. The fraction of sp³-hybridized carbons (Fsp3) is 0.0667. The number of carbonyl (C=O) groups is 2. The minimum atomic E-state index is -0.801. The van der Waals surface area contributed by atoms with Gasteiger partial charge in [0.15, 0.2) is 5.82 Å². The van der Waals surface area contributed by atoms with Crippen molar-refractivity contribution in [2.24, 2.45) is 0 Å². The molecular weight excluding hydrogens is 365 g/mol. The van der Waals surface area contributed by atoms with Crippen LogP contribution in [0.2, 0.25) is 0 Å². The number of carbonyl (C=O) groups excluding carboxylic acids is 2. The minimum Gasteiger partial charge on any atom is -0.305 e. The number of halogens is 1. The Morgan fingerprint density at radius 2 is 2.08 bits per heavy atom. The standard InChI is InChI=1S/C15H12FN5O2S2/c16-9-4-1-2-5-10(9)17-14(23)18-12(22)8-25-15-19-13(20-21-15)11-6-3-7-24-11/h1-7H,8H2,(H,19,20,21)(H2,17,18,22,23). The van der Waals surface area contributed by atoms with Crippen molar-refractivity contribution in [3.8, 4) is 10.7 Å². The number of thiophene rings is 1. The number of benzene rings is 1. The summed E-state index contributed by atoms with van der Waals surface area (Å²) in [6, 6.07) is 8.68. The summed E-state index contributed by atoms with van der Waals surface area (Å²) in [6.45, 7) is 0. The highest BCUT2D eigenvalue weighted by atomic mass is 32.2. The first-order valence-electron chi connectivity index (χ1n) is 7.06. The average molecular weight is 377 g/mol. The van der Waals surface area contributed by atoms with Gasteiger partial charge in [0.25, 0.3) is 0 Å². The predicted molar refractivity (Wildman–Crippen MR) is 94.0 cm³/mol. The molecule has 0 atom stereocenters. The Morgan fingerprint density at radius 3 is 2.84 bits per heavy atom.